The highest BCUT2D eigenvalue weighted by molar-refractivity contribution is 6.34. The van der Waals surface area contributed by atoms with Crippen molar-refractivity contribution in [3.8, 4) is 33.8 Å². The Bertz CT molecular complexity index is 1880. The summed E-state index contributed by atoms with van der Waals surface area (Å²) in [4.78, 5) is 11.3. The van der Waals surface area contributed by atoms with Crippen LogP contribution in [-0.4, -0.2) is 46.9 Å². The Morgan fingerprint density at radius 2 is 1.23 bits per heavy atom. The number of rotatable bonds is 6. The molecule has 2 aliphatic rings. The molecule has 0 saturated heterocycles. The molecule has 4 aromatic carbocycles. The molecule has 0 saturated carbocycles. The highest BCUT2D eigenvalue weighted by Crippen LogP contribution is 2.58. The number of aliphatic hydroxyl groups is 2. The van der Waals surface area contributed by atoms with Gasteiger partial charge in [-0.05, 0) is 48.7 Å². The lowest BCUT2D eigenvalue weighted by Gasteiger charge is -2.28. The summed E-state index contributed by atoms with van der Waals surface area (Å²) in [6.07, 6.45) is -9.41. The van der Waals surface area contributed by atoms with Gasteiger partial charge in [0.1, 0.15) is 11.5 Å². The molecular formula is C34H26Cl2F6O6. The number of carbonyl (C=O) groups excluding carboxylic acids is 1. The third-order valence-corrected chi connectivity index (χ3v) is 8.61. The van der Waals surface area contributed by atoms with E-state index < -0.39 is 34.9 Å². The SMILES string of the molecule is CCOC(=O)CCCOc1cc(Cl)c2c(c1)[C@@](O)(C(F)(F)F)c1ccccc1-2.Oc1cc(Cl)c2c(c1)[C@@](O)(C(F)(F)F)c1ccccc1-2. The predicted octanol–water partition coefficient (Wildman–Crippen LogP) is 8.66. The van der Waals surface area contributed by atoms with Gasteiger partial charge in [-0.15, -0.1) is 0 Å². The molecule has 0 aromatic heterocycles. The summed E-state index contributed by atoms with van der Waals surface area (Å²) < 4.78 is 92.0. The Morgan fingerprint density at radius 1 is 0.750 bits per heavy atom. The Labute approximate surface area is 280 Å². The van der Waals surface area contributed by atoms with E-state index in [2.05, 4.69) is 0 Å². The maximum absolute atomic E-state index is 13.8. The summed E-state index contributed by atoms with van der Waals surface area (Å²) in [6, 6.07) is 16.0. The number of esters is 1. The number of benzene rings is 4. The molecule has 0 fully saturated rings. The maximum atomic E-state index is 13.8. The van der Waals surface area contributed by atoms with E-state index in [-0.39, 0.29) is 80.3 Å². The van der Waals surface area contributed by atoms with Crippen LogP contribution in [0.25, 0.3) is 22.3 Å². The first kappa shape index (κ1) is 35.3. The number of alkyl halides is 6. The molecule has 4 aromatic rings. The van der Waals surface area contributed by atoms with E-state index in [0.29, 0.717) is 6.42 Å². The van der Waals surface area contributed by atoms with Gasteiger partial charge in [-0.1, -0.05) is 71.7 Å². The Morgan fingerprint density at radius 3 is 1.73 bits per heavy atom. The minimum Gasteiger partial charge on any atom is -0.508 e. The number of phenols is 1. The van der Waals surface area contributed by atoms with Crippen LogP contribution in [0.3, 0.4) is 0 Å². The average molecular weight is 715 g/mol. The first-order valence-electron chi connectivity index (χ1n) is 14.4. The Hall–Kier alpha value is -3.97. The summed E-state index contributed by atoms with van der Waals surface area (Å²) in [5.74, 6) is -0.715. The predicted molar refractivity (Wildman–Crippen MR) is 165 cm³/mol. The average Bonchev–Trinajstić information content (AvgIpc) is 3.43. The van der Waals surface area contributed by atoms with Crippen molar-refractivity contribution in [2.75, 3.05) is 13.2 Å². The summed E-state index contributed by atoms with van der Waals surface area (Å²) in [5.41, 5.74) is -7.02. The zero-order valence-electron chi connectivity index (χ0n) is 24.8. The topological polar surface area (TPSA) is 96.2 Å². The fraction of sp³-hybridized carbons (Fsp3) is 0.265. The molecule has 48 heavy (non-hydrogen) atoms. The molecule has 0 heterocycles. The third kappa shape index (κ3) is 5.84. The molecule has 2 atom stereocenters. The van der Waals surface area contributed by atoms with Gasteiger partial charge in [0.15, 0.2) is 0 Å². The fourth-order valence-electron chi connectivity index (χ4n) is 5.95. The van der Waals surface area contributed by atoms with Gasteiger partial charge in [0.05, 0.1) is 23.3 Å². The standard InChI is InChI=1S/C20H18ClF3O4.C14H8ClF3O2/c1-2-27-17(25)8-5-9-28-12-10-15-18(16(21)11-12)13-6-3-4-7-14(13)19(15,26)20(22,23)24;15-11-6-7(19)5-10-12(11)8-3-1-2-4-9(8)13(10,20)14(16,17)18/h3-4,6-7,10-11,26H,2,5,8-9H2,1H3;1-6,19-20H/t19-;13-/m11/s1. The van der Waals surface area contributed by atoms with E-state index in [9.17, 15) is 46.5 Å². The molecule has 2 aliphatic carbocycles. The lowest BCUT2D eigenvalue weighted by atomic mass is 9.90. The molecule has 0 radical (unpaired) electrons. The second kappa shape index (κ2) is 12.8. The van der Waals surface area contributed by atoms with Crippen LogP contribution >= 0.6 is 23.2 Å². The van der Waals surface area contributed by atoms with Crippen LogP contribution < -0.4 is 4.74 Å². The van der Waals surface area contributed by atoms with E-state index in [1.54, 1.807) is 19.1 Å². The first-order valence-corrected chi connectivity index (χ1v) is 15.2. The van der Waals surface area contributed by atoms with E-state index in [0.717, 1.165) is 18.2 Å². The van der Waals surface area contributed by atoms with E-state index in [1.807, 2.05) is 0 Å². The van der Waals surface area contributed by atoms with Crippen LogP contribution in [0.15, 0.2) is 72.8 Å². The molecule has 0 unspecified atom stereocenters. The number of ether oxygens (including phenoxy) is 2. The minimum absolute atomic E-state index is 0.0346. The zero-order valence-corrected chi connectivity index (χ0v) is 26.4. The van der Waals surface area contributed by atoms with Crippen molar-refractivity contribution in [3.63, 3.8) is 0 Å². The van der Waals surface area contributed by atoms with Crippen molar-refractivity contribution in [1.82, 2.24) is 0 Å². The van der Waals surface area contributed by atoms with E-state index in [1.165, 1.54) is 42.5 Å². The van der Waals surface area contributed by atoms with Gasteiger partial charge >= 0.3 is 18.3 Å². The van der Waals surface area contributed by atoms with Crippen LogP contribution in [0.2, 0.25) is 10.0 Å². The van der Waals surface area contributed by atoms with Crippen molar-refractivity contribution < 1.29 is 55.9 Å². The molecule has 6 nitrogen and oxygen atoms in total. The normalized spacial score (nSPS) is 19.0. The molecular weight excluding hydrogens is 689 g/mol. The largest absolute Gasteiger partial charge is 0.508 e. The van der Waals surface area contributed by atoms with Gasteiger partial charge in [0.25, 0.3) is 0 Å². The molecule has 14 heteroatoms. The minimum atomic E-state index is -4.94. The molecule has 3 N–H and O–H groups in total. The first-order chi connectivity index (χ1) is 22.5. The lowest BCUT2D eigenvalue weighted by Crippen LogP contribution is -2.41. The second-order valence-corrected chi connectivity index (χ2v) is 11.8. The molecule has 0 aliphatic heterocycles. The summed E-state index contributed by atoms with van der Waals surface area (Å²) in [7, 11) is 0. The van der Waals surface area contributed by atoms with Crippen molar-refractivity contribution in [2.24, 2.45) is 0 Å². The van der Waals surface area contributed by atoms with Crippen molar-refractivity contribution in [3.05, 3.63) is 105 Å². The molecule has 6 rings (SSSR count). The summed E-state index contributed by atoms with van der Waals surface area (Å²) >= 11 is 12.2. The van der Waals surface area contributed by atoms with Crippen LogP contribution in [0, 0.1) is 0 Å². The molecule has 0 bridgehead atoms. The zero-order chi connectivity index (χ0) is 35.2. The Balaban J connectivity index is 0.000000198. The monoisotopic (exact) mass is 714 g/mol. The Kier molecular flexibility index (Phi) is 9.43. The van der Waals surface area contributed by atoms with Gasteiger partial charge in [0.2, 0.25) is 11.2 Å². The van der Waals surface area contributed by atoms with E-state index in [4.69, 9.17) is 32.7 Å². The highest BCUT2D eigenvalue weighted by Gasteiger charge is 2.62. The smallest absolute Gasteiger partial charge is 0.425 e. The fourth-order valence-corrected chi connectivity index (χ4v) is 6.58. The summed E-state index contributed by atoms with van der Waals surface area (Å²) in [6.45, 7) is 2.06. The molecule has 0 spiro atoms. The van der Waals surface area contributed by atoms with Gasteiger partial charge in [-0.2, -0.15) is 26.3 Å². The number of carbonyl (C=O) groups is 1. The number of halogens is 8. The molecule has 254 valence electrons. The maximum Gasteiger partial charge on any atom is 0.425 e. The number of fused-ring (bicyclic) bond motifs is 6. The molecule has 0 amide bonds. The van der Waals surface area contributed by atoms with Crippen LogP contribution in [0.5, 0.6) is 11.5 Å². The van der Waals surface area contributed by atoms with Crippen LogP contribution in [-0.2, 0) is 20.7 Å². The van der Waals surface area contributed by atoms with Gasteiger partial charge < -0.3 is 24.8 Å². The third-order valence-electron chi connectivity index (χ3n) is 8.01. The van der Waals surface area contributed by atoms with Crippen molar-refractivity contribution in [2.45, 2.75) is 43.3 Å². The highest BCUT2D eigenvalue weighted by atomic mass is 35.5. The number of hydrogen-bond donors (Lipinski definition) is 3. The lowest BCUT2D eigenvalue weighted by molar-refractivity contribution is -0.247. The second-order valence-electron chi connectivity index (χ2n) is 10.9. The van der Waals surface area contributed by atoms with Crippen molar-refractivity contribution >= 4 is 29.2 Å². The van der Waals surface area contributed by atoms with Gasteiger partial charge in [-0.25, -0.2) is 0 Å². The van der Waals surface area contributed by atoms with Gasteiger partial charge in [0, 0.05) is 39.8 Å². The quantitative estimate of drug-likeness (QED) is 0.105. The number of phenolic OH excluding ortho intramolecular Hbond substituents is 1. The van der Waals surface area contributed by atoms with Crippen LogP contribution in [0.1, 0.15) is 42.0 Å². The number of hydrogen-bond acceptors (Lipinski definition) is 6. The number of aromatic hydroxyl groups is 1. The summed E-state index contributed by atoms with van der Waals surface area (Å²) in [5, 5.41) is 30.5. The van der Waals surface area contributed by atoms with E-state index >= 15 is 0 Å². The van der Waals surface area contributed by atoms with Crippen LogP contribution in [0.4, 0.5) is 26.3 Å². The van der Waals surface area contributed by atoms with Gasteiger partial charge in [-0.3, -0.25) is 4.79 Å². The van der Waals surface area contributed by atoms with Crippen molar-refractivity contribution in [1.29, 1.82) is 0 Å².